The second-order valence-electron chi connectivity index (χ2n) is 8.77. The number of aromatic nitrogens is 5. The second kappa shape index (κ2) is 7.84. The molecule has 34 heavy (non-hydrogen) atoms. The van der Waals surface area contributed by atoms with Gasteiger partial charge in [-0.2, -0.15) is 5.10 Å². The van der Waals surface area contributed by atoms with Crippen molar-refractivity contribution in [2.75, 3.05) is 5.32 Å². The van der Waals surface area contributed by atoms with E-state index in [1.54, 1.807) is 6.20 Å². The summed E-state index contributed by atoms with van der Waals surface area (Å²) in [6, 6.07) is 13.9. The predicted octanol–water partition coefficient (Wildman–Crippen LogP) is 4.95. The number of aromatic amines is 2. The van der Waals surface area contributed by atoms with Gasteiger partial charge in [0, 0.05) is 45.6 Å². The Kier molecular flexibility index (Phi) is 4.65. The molecular formula is C26H23N7O. The summed E-state index contributed by atoms with van der Waals surface area (Å²) in [4.78, 5) is 25.3. The van der Waals surface area contributed by atoms with Crippen LogP contribution in [0.5, 0.6) is 0 Å². The molecule has 1 aliphatic carbocycles. The average molecular weight is 450 g/mol. The second-order valence-corrected chi connectivity index (χ2v) is 8.77. The lowest BCUT2D eigenvalue weighted by molar-refractivity contribution is 0.0939. The van der Waals surface area contributed by atoms with Crippen LogP contribution in [0.15, 0.2) is 54.7 Å². The zero-order valence-corrected chi connectivity index (χ0v) is 18.8. The Bertz CT molecular complexity index is 1590. The predicted molar refractivity (Wildman–Crippen MR) is 134 cm³/mol. The van der Waals surface area contributed by atoms with Crippen molar-refractivity contribution in [3.05, 3.63) is 71.7 Å². The minimum atomic E-state index is -0.117. The fourth-order valence-corrected chi connectivity index (χ4v) is 4.24. The van der Waals surface area contributed by atoms with Crippen LogP contribution in [0, 0.1) is 0 Å². The molecule has 8 nitrogen and oxygen atoms in total. The van der Waals surface area contributed by atoms with Crippen LogP contribution >= 0.6 is 0 Å². The molecule has 0 saturated heterocycles. The van der Waals surface area contributed by atoms with E-state index < -0.39 is 0 Å². The van der Waals surface area contributed by atoms with Gasteiger partial charge in [-0.05, 0) is 44.2 Å². The third kappa shape index (κ3) is 3.59. The molecule has 0 aliphatic heterocycles. The van der Waals surface area contributed by atoms with Crippen molar-refractivity contribution in [2.24, 2.45) is 0 Å². The van der Waals surface area contributed by atoms with Gasteiger partial charge in [-0.25, -0.2) is 9.97 Å². The first-order valence-corrected chi connectivity index (χ1v) is 11.2. The molecule has 0 unspecified atom stereocenters. The number of nitrogens with one attached hydrogen (secondary N) is 4. The van der Waals surface area contributed by atoms with Gasteiger partial charge in [0.15, 0.2) is 5.82 Å². The van der Waals surface area contributed by atoms with E-state index in [4.69, 9.17) is 9.97 Å². The van der Waals surface area contributed by atoms with Crippen molar-refractivity contribution in [2.45, 2.75) is 26.3 Å². The number of H-pyrrole nitrogens is 2. The summed E-state index contributed by atoms with van der Waals surface area (Å²) >= 11 is 0. The van der Waals surface area contributed by atoms with Crippen molar-refractivity contribution in [1.82, 2.24) is 30.5 Å². The Hall–Kier alpha value is -4.46. The van der Waals surface area contributed by atoms with E-state index in [0.717, 1.165) is 56.6 Å². The number of hydrogen-bond acceptors (Lipinski definition) is 5. The zero-order valence-electron chi connectivity index (χ0n) is 18.8. The first-order valence-electron chi connectivity index (χ1n) is 11.2. The number of hydrogen-bond donors (Lipinski definition) is 4. The van der Waals surface area contributed by atoms with E-state index in [0.29, 0.717) is 11.5 Å². The topological polar surface area (TPSA) is 111 Å². The lowest BCUT2D eigenvalue weighted by Crippen LogP contribution is -2.30. The lowest BCUT2D eigenvalue weighted by Gasteiger charge is -2.12. The normalized spacial score (nSPS) is 12.6. The number of carbonyl (C=O) groups excluding carboxylic acids is 1. The smallest absolute Gasteiger partial charge is 0.267 e. The highest BCUT2D eigenvalue weighted by Crippen LogP contribution is 2.31. The number of anilines is 2. The van der Waals surface area contributed by atoms with Crippen molar-refractivity contribution in [3.8, 4) is 11.4 Å². The Morgan fingerprint density at radius 1 is 1.03 bits per heavy atom. The van der Waals surface area contributed by atoms with Gasteiger partial charge < -0.3 is 15.6 Å². The highest BCUT2D eigenvalue weighted by Gasteiger charge is 2.18. The van der Waals surface area contributed by atoms with Gasteiger partial charge in [0.05, 0.1) is 17.4 Å². The molecule has 1 aliphatic rings. The summed E-state index contributed by atoms with van der Waals surface area (Å²) in [6.45, 7) is 3.88. The van der Waals surface area contributed by atoms with Gasteiger partial charge in [0.1, 0.15) is 11.5 Å². The maximum atomic E-state index is 12.4. The number of carbonyl (C=O) groups is 1. The van der Waals surface area contributed by atoms with Crippen molar-refractivity contribution in [3.63, 3.8) is 0 Å². The maximum Gasteiger partial charge on any atom is 0.267 e. The minimum Gasteiger partial charge on any atom is -0.351 e. The summed E-state index contributed by atoms with van der Waals surface area (Å²) in [5.74, 6) is 1.29. The summed E-state index contributed by atoms with van der Waals surface area (Å²) in [5, 5.41) is 15.4. The summed E-state index contributed by atoms with van der Waals surface area (Å²) in [7, 11) is 0. The highest BCUT2D eigenvalue weighted by molar-refractivity contribution is 5.99. The molecule has 0 saturated carbocycles. The van der Waals surface area contributed by atoms with Gasteiger partial charge in [-0.15, -0.1) is 0 Å². The lowest BCUT2D eigenvalue weighted by atomic mass is 10.1. The summed E-state index contributed by atoms with van der Waals surface area (Å²) in [5.41, 5.74) is 6.20. The monoisotopic (exact) mass is 449 g/mol. The van der Waals surface area contributed by atoms with Crippen LogP contribution < -0.4 is 10.6 Å². The van der Waals surface area contributed by atoms with Crippen LogP contribution in [0.4, 0.5) is 11.5 Å². The third-order valence-corrected chi connectivity index (χ3v) is 5.87. The first-order chi connectivity index (χ1) is 16.5. The molecule has 0 spiro atoms. The quantitative estimate of drug-likeness (QED) is 0.303. The van der Waals surface area contributed by atoms with Crippen molar-refractivity contribution >= 4 is 45.3 Å². The maximum absolute atomic E-state index is 12.4. The number of nitrogens with zero attached hydrogens (tertiary/aromatic N) is 3. The van der Waals surface area contributed by atoms with Gasteiger partial charge >= 0.3 is 0 Å². The molecular weight excluding hydrogens is 426 g/mol. The van der Waals surface area contributed by atoms with Crippen LogP contribution in [0.2, 0.25) is 0 Å². The number of amides is 1. The van der Waals surface area contributed by atoms with E-state index in [-0.39, 0.29) is 11.9 Å². The van der Waals surface area contributed by atoms with Crippen LogP contribution in [0.1, 0.15) is 35.6 Å². The molecule has 1 amide bonds. The summed E-state index contributed by atoms with van der Waals surface area (Å²) < 4.78 is 0. The number of rotatable bonds is 5. The van der Waals surface area contributed by atoms with E-state index in [1.807, 2.05) is 56.3 Å². The van der Waals surface area contributed by atoms with Crippen LogP contribution in [0.25, 0.3) is 39.3 Å². The average Bonchev–Trinajstić information content (AvgIpc) is 3.56. The molecule has 0 fully saturated rings. The van der Waals surface area contributed by atoms with E-state index in [1.165, 1.54) is 0 Å². The highest BCUT2D eigenvalue weighted by atomic mass is 16.1. The van der Waals surface area contributed by atoms with Crippen molar-refractivity contribution < 1.29 is 4.79 Å². The van der Waals surface area contributed by atoms with Crippen LogP contribution in [-0.4, -0.2) is 37.1 Å². The molecule has 2 aromatic carbocycles. The fourth-order valence-electron chi connectivity index (χ4n) is 4.24. The van der Waals surface area contributed by atoms with Gasteiger partial charge in [-0.1, -0.05) is 24.3 Å². The molecule has 6 rings (SSSR count). The molecule has 0 radical (unpaired) electrons. The summed E-state index contributed by atoms with van der Waals surface area (Å²) in [6.07, 6.45) is 6.73. The van der Waals surface area contributed by atoms with E-state index in [2.05, 4.69) is 38.0 Å². The Labute approximate surface area is 195 Å². The molecule has 0 bridgehead atoms. The first kappa shape index (κ1) is 20.2. The van der Waals surface area contributed by atoms with E-state index in [9.17, 15) is 4.79 Å². The molecule has 4 N–H and O–H groups in total. The molecule has 5 aromatic rings. The number of benzene rings is 2. The van der Waals surface area contributed by atoms with Crippen LogP contribution in [0.3, 0.4) is 0 Å². The van der Waals surface area contributed by atoms with E-state index >= 15 is 0 Å². The largest absolute Gasteiger partial charge is 0.351 e. The van der Waals surface area contributed by atoms with Gasteiger partial charge in [0.2, 0.25) is 0 Å². The minimum absolute atomic E-state index is 0.0723. The van der Waals surface area contributed by atoms with Crippen LogP contribution in [-0.2, 0) is 6.42 Å². The molecule has 8 heteroatoms. The zero-order chi connectivity index (χ0) is 23.2. The molecule has 3 heterocycles. The molecule has 3 aromatic heterocycles. The SMILES string of the molecule is CC(C)NC(=O)c1cc2ccc(-c3nc4c(c(Nc5ccc6[nH]ncc6c5)n3)C=CC4)cc2[nH]1. The Morgan fingerprint density at radius 3 is 2.82 bits per heavy atom. The third-order valence-electron chi connectivity index (χ3n) is 5.87. The molecule has 0 atom stereocenters. The van der Waals surface area contributed by atoms with Gasteiger partial charge in [0.25, 0.3) is 5.91 Å². The van der Waals surface area contributed by atoms with Gasteiger partial charge in [-0.3, -0.25) is 9.89 Å². The number of fused-ring (bicyclic) bond motifs is 3. The standard InChI is InChI=1S/C26H23N7O/c1-14(2)28-26(34)23-11-15-6-7-16(12-22(15)30-23)24-31-21-5-3-4-19(21)25(32-24)29-18-8-9-20-17(10-18)13-27-33-20/h3-4,6-14,30H,5H2,1-2H3,(H,27,33)(H,28,34)(H,29,31,32). The Balaban J connectivity index is 1.37. The fraction of sp³-hybridized carbons (Fsp3) is 0.154. The molecule has 168 valence electrons. The number of allylic oxidation sites excluding steroid dienone is 1. The Morgan fingerprint density at radius 2 is 1.94 bits per heavy atom. The van der Waals surface area contributed by atoms with Crippen molar-refractivity contribution in [1.29, 1.82) is 0 Å².